The fraction of sp³-hybridized carbons (Fsp3) is 0.268. The topological polar surface area (TPSA) is 103 Å². The van der Waals surface area contributed by atoms with E-state index in [4.69, 9.17) is 4.79 Å². The zero-order valence-corrected chi connectivity index (χ0v) is 49.7. The predicted octanol–water partition coefficient (Wildman–Crippen LogP) is 10.0. The van der Waals surface area contributed by atoms with Gasteiger partial charge in [-0.25, -0.2) is 15.0 Å². The number of fused-ring (bicyclic) bond motifs is 3. The summed E-state index contributed by atoms with van der Waals surface area (Å²) < 4.78 is 76.5. The number of carbonyl (C=O) groups excluding carboxylic acids is 2. The molecular formula is C56H58BBrF6N6NaO3S3. The Balaban J connectivity index is 0.000000352. The summed E-state index contributed by atoms with van der Waals surface area (Å²) in [5.41, 5.74) is 2.94. The van der Waals surface area contributed by atoms with E-state index in [9.17, 15) is 36.2 Å². The standard InChI is InChI=1S/C18H19FN2OS.C18H19FN2S.C12H14BrNS.C6H4FNO.C2HF3O.B.Na.H/c1-21(2)11-9-15-16(12-6-3-4-8-14(12)23-15)17(22)13-7-5-10-20-18(13)19;1-21(2)11-9-17-15(12-13-6-5-10-20-18(13)19)14-7-3-4-8-16(14)22-17;1-14(2)8-7-11-12(13)9-5-3-4-6-10(9)15-11;7-6-5(4-9)2-1-3-8-6;3-2(4,5)1-6;;;/h3-8,10,17,22H,9,11H2,1-2H3;3-8,10H,9,11-12H2,1-2H3;3-6H,7-8H2,1-2H3;1-4H;1H;;;/q;;;;;;+1;-1. The van der Waals surface area contributed by atoms with Crippen LogP contribution in [0.5, 0.6) is 0 Å². The van der Waals surface area contributed by atoms with Gasteiger partial charge in [0.15, 0.2) is 6.29 Å². The van der Waals surface area contributed by atoms with Crippen molar-refractivity contribution in [2.24, 2.45) is 0 Å². The Morgan fingerprint density at radius 2 is 1.03 bits per heavy atom. The molecule has 3 aromatic carbocycles. The van der Waals surface area contributed by atoms with E-state index in [1.54, 1.807) is 29.5 Å². The van der Waals surface area contributed by atoms with E-state index in [-0.39, 0.29) is 56.5 Å². The second-order valence-electron chi connectivity index (χ2n) is 17.5. The van der Waals surface area contributed by atoms with Crippen LogP contribution in [0.2, 0.25) is 0 Å². The van der Waals surface area contributed by atoms with E-state index >= 15 is 0 Å². The van der Waals surface area contributed by atoms with E-state index in [1.165, 1.54) is 70.7 Å². The minimum absolute atomic E-state index is 0. The van der Waals surface area contributed by atoms with Crippen molar-refractivity contribution in [3.63, 3.8) is 0 Å². The van der Waals surface area contributed by atoms with Crippen LogP contribution in [0.3, 0.4) is 0 Å². The van der Waals surface area contributed by atoms with Crippen molar-refractivity contribution >= 4 is 101 Å². The van der Waals surface area contributed by atoms with Crippen molar-refractivity contribution in [1.82, 2.24) is 29.7 Å². The molecule has 6 heterocycles. The van der Waals surface area contributed by atoms with Crippen LogP contribution in [0.4, 0.5) is 26.3 Å². The van der Waals surface area contributed by atoms with Gasteiger partial charge in [-0.1, -0.05) is 60.7 Å². The van der Waals surface area contributed by atoms with Gasteiger partial charge in [0.1, 0.15) is 6.10 Å². The molecule has 0 aliphatic carbocycles. The smallest absolute Gasteiger partial charge is 1.00 e. The van der Waals surface area contributed by atoms with E-state index in [2.05, 4.69) is 116 Å². The molecule has 3 radical (unpaired) electrons. The number of pyridine rings is 3. The summed E-state index contributed by atoms with van der Waals surface area (Å²) in [4.78, 5) is 39.7. The summed E-state index contributed by atoms with van der Waals surface area (Å²) in [6.07, 6.45) is 1.44. The van der Waals surface area contributed by atoms with Crippen LogP contribution < -0.4 is 29.6 Å². The SMILES string of the molecule is CN(C)CCc1sc2ccccc2c1Br.CN(C)CCc1sc2ccccc2c1C(O)c1cccnc1F.CN(C)CCc1sc2ccccc2c1Cc1cccnc1F.O=CC(F)(F)F.O=Cc1cccnc1F.[B].[H-].[Na+]. The number of thiophene rings is 3. The Kier molecular flexibility index (Phi) is 28.5. The van der Waals surface area contributed by atoms with E-state index in [0.29, 0.717) is 18.3 Å². The second-order valence-corrected chi connectivity index (χ2v) is 21.7. The molecule has 0 saturated carbocycles. The average molecular weight is 1190 g/mol. The summed E-state index contributed by atoms with van der Waals surface area (Å²) in [5.74, 6) is -1.70. The zero-order valence-electron chi connectivity index (χ0n) is 44.7. The first-order chi connectivity index (χ1) is 35.8. The van der Waals surface area contributed by atoms with Gasteiger partial charge < -0.3 is 21.2 Å². The largest absolute Gasteiger partial charge is 1.00 e. The van der Waals surface area contributed by atoms with Gasteiger partial charge in [0.05, 0.1) is 5.56 Å². The first kappa shape index (κ1) is 66.6. The van der Waals surface area contributed by atoms with Crippen molar-refractivity contribution in [2.45, 2.75) is 38.0 Å². The predicted molar refractivity (Wildman–Crippen MR) is 304 cm³/mol. The minimum atomic E-state index is -4.64. The molecule has 6 aromatic heterocycles. The third kappa shape index (κ3) is 20.5. The maximum Gasteiger partial charge on any atom is 1.00 e. The molecule has 0 bridgehead atoms. The summed E-state index contributed by atoms with van der Waals surface area (Å²) in [6.45, 7) is 2.98. The summed E-state index contributed by atoms with van der Waals surface area (Å²) in [7, 11) is 12.4. The molecule has 0 spiro atoms. The summed E-state index contributed by atoms with van der Waals surface area (Å²) in [6, 6.07) is 34.6. The molecule has 0 aliphatic rings. The van der Waals surface area contributed by atoms with Crippen LogP contribution in [0.15, 0.2) is 132 Å². The quantitative estimate of drug-likeness (QED) is 0.0494. The molecule has 9 rings (SSSR count). The number of likely N-dealkylation sites (N-methyl/N-ethyl adjacent to an activating group) is 3. The number of carbonyl (C=O) groups is 2. The third-order valence-corrected chi connectivity index (χ3v) is 16.0. The number of nitrogens with zero attached hydrogens (tertiary/aromatic N) is 6. The molecule has 9 nitrogen and oxygen atoms in total. The minimum Gasteiger partial charge on any atom is -1.00 e. The van der Waals surface area contributed by atoms with Gasteiger partial charge in [-0.15, -0.1) is 34.0 Å². The van der Waals surface area contributed by atoms with Gasteiger partial charge in [-0.3, -0.25) is 9.59 Å². The molecular weight excluding hydrogens is 1130 g/mol. The Hall–Kier alpha value is -4.71. The van der Waals surface area contributed by atoms with E-state index < -0.39 is 30.5 Å². The number of alkyl halides is 3. The summed E-state index contributed by atoms with van der Waals surface area (Å²) >= 11 is 9.07. The molecule has 0 amide bonds. The first-order valence-corrected chi connectivity index (χ1v) is 26.6. The fourth-order valence-corrected chi connectivity index (χ4v) is 11.8. The van der Waals surface area contributed by atoms with Gasteiger partial charge in [-0.05, 0) is 142 Å². The van der Waals surface area contributed by atoms with Crippen LogP contribution in [0.25, 0.3) is 30.3 Å². The van der Waals surface area contributed by atoms with Gasteiger partial charge in [0, 0.05) is 108 Å². The number of aliphatic hydroxyl groups excluding tert-OH is 1. The molecule has 21 heteroatoms. The number of benzene rings is 3. The van der Waals surface area contributed by atoms with E-state index in [1.807, 2.05) is 73.2 Å². The van der Waals surface area contributed by atoms with Crippen molar-refractivity contribution in [1.29, 1.82) is 0 Å². The molecule has 1 unspecified atom stereocenters. The maximum atomic E-state index is 14.0. The van der Waals surface area contributed by atoms with Gasteiger partial charge >= 0.3 is 35.7 Å². The molecule has 401 valence electrons. The van der Waals surface area contributed by atoms with Crippen LogP contribution in [-0.2, 0) is 30.5 Å². The molecule has 1 N–H and O–H groups in total. The Morgan fingerprint density at radius 3 is 1.52 bits per heavy atom. The van der Waals surface area contributed by atoms with Crippen LogP contribution in [0, 0.1) is 17.8 Å². The van der Waals surface area contributed by atoms with Crippen LogP contribution >= 0.6 is 49.9 Å². The number of aliphatic hydroxyl groups is 1. The van der Waals surface area contributed by atoms with Crippen molar-refractivity contribution in [3.05, 3.63) is 193 Å². The van der Waals surface area contributed by atoms with Crippen molar-refractivity contribution < 1.29 is 72.0 Å². The Bertz CT molecular complexity index is 3260. The van der Waals surface area contributed by atoms with Gasteiger partial charge in [0.25, 0.3) is 0 Å². The third-order valence-electron chi connectivity index (χ3n) is 11.1. The normalized spacial score (nSPS) is 11.3. The molecule has 0 aliphatic heterocycles. The number of hydrogen-bond donors (Lipinski definition) is 1. The van der Waals surface area contributed by atoms with Crippen molar-refractivity contribution in [3.8, 4) is 0 Å². The molecule has 0 saturated heterocycles. The van der Waals surface area contributed by atoms with Gasteiger partial charge in [0.2, 0.25) is 24.1 Å². The Morgan fingerprint density at radius 1 is 0.597 bits per heavy atom. The Labute approximate surface area is 491 Å². The van der Waals surface area contributed by atoms with Gasteiger partial charge in [-0.2, -0.15) is 26.3 Å². The second kappa shape index (κ2) is 33.0. The van der Waals surface area contributed by atoms with Crippen molar-refractivity contribution in [2.75, 3.05) is 61.9 Å². The monoisotopic (exact) mass is 1190 g/mol. The van der Waals surface area contributed by atoms with Crippen LogP contribution in [-0.4, -0.2) is 124 Å². The molecule has 9 aromatic rings. The summed E-state index contributed by atoms with van der Waals surface area (Å²) in [5, 5.41) is 14.4. The molecule has 77 heavy (non-hydrogen) atoms. The number of hydrogen-bond acceptors (Lipinski definition) is 12. The van der Waals surface area contributed by atoms with E-state index in [0.717, 1.165) is 59.4 Å². The fourth-order valence-electron chi connectivity index (χ4n) is 7.33. The number of rotatable bonds is 14. The first-order valence-electron chi connectivity index (χ1n) is 23.4. The number of halogens is 7. The zero-order chi connectivity index (χ0) is 54.7. The molecule has 0 fully saturated rings. The number of aldehydes is 2. The number of aromatic nitrogens is 3. The van der Waals surface area contributed by atoms with Crippen LogP contribution in [0.1, 0.15) is 54.8 Å². The molecule has 1 atom stereocenters. The average Bonchev–Trinajstić information content (AvgIpc) is 4.07. The maximum absolute atomic E-state index is 14.0.